The van der Waals surface area contributed by atoms with Gasteiger partial charge >= 0.3 is 12.1 Å². The van der Waals surface area contributed by atoms with E-state index in [1.54, 1.807) is 4.90 Å². The van der Waals surface area contributed by atoms with Crippen LogP contribution in [0.4, 0.5) is 13.2 Å². The summed E-state index contributed by atoms with van der Waals surface area (Å²) in [5, 5.41) is 0. The molecule has 0 bridgehead atoms. The molecular formula is C13H20F3N3O2. The minimum Gasteiger partial charge on any atom is -0.341 e. The van der Waals surface area contributed by atoms with Crippen molar-refractivity contribution in [2.75, 3.05) is 26.2 Å². The summed E-state index contributed by atoms with van der Waals surface area (Å²) in [6.45, 7) is 0.522. The van der Waals surface area contributed by atoms with Crippen molar-refractivity contribution in [3.63, 3.8) is 0 Å². The van der Waals surface area contributed by atoms with Crippen LogP contribution in [0, 0.1) is 5.92 Å². The fourth-order valence-electron chi connectivity index (χ4n) is 3.02. The molecule has 2 atom stereocenters. The van der Waals surface area contributed by atoms with E-state index in [1.807, 2.05) is 0 Å². The van der Waals surface area contributed by atoms with E-state index in [2.05, 4.69) is 0 Å². The number of amides is 2. The van der Waals surface area contributed by atoms with E-state index in [-0.39, 0.29) is 37.5 Å². The summed E-state index contributed by atoms with van der Waals surface area (Å²) in [4.78, 5) is 25.9. The van der Waals surface area contributed by atoms with Crippen LogP contribution in [0.5, 0.6) is 0 Å². The van der Waals surface area contributed by atoms with Gasteiger partial charge in [0.25, 0.3) is 0 Å². The van der Waals surface area contributed by atoms with E-state index in [4.69, 9.17) is 5.73 Å². The maximum atomic E-state index is 12.4. The van der Waals surface area contributed by atoms with Gasteiger partial charge in [0.1, 0.15) is 0 Å². The lowest BCUT2D eigenvalue weighted by molar-refractivity contribution is -0.185. The molecule has 1 heterocycles. The molecule has 2 fully saturated rings. The highest BCUT2D eigenvalue weighted by atomic mass is 19.4. The van der Waals surface area contributed by atoms with Gasteiger partial charge in [0.15, 0.2) is 0 Å². The van der Waals surface area contributed by atoms with Crippen LogP contribution in [0.1, 0.15) is 25.7 Å². The van der Waals surface area contributed by atoms with Crippen LogP contribution in [0.15, 0.2) is 0 Å². The largest absolute Gasteiger partial charge is 0.471 e. The van der Waals surface area contributed by atoms with Gasteiger partial charge in [-0.1, -0.05) is 0 Å². The first-order chi connectivity index (χ1) is 9.79. The molecule has 0 radical (unpaired) electrons. The summed E-state index contributed by atoms with van der Waals surface area (Å²) >= 11 is 0. The maximum absolute atomic E-state index is 12.4. The smallest absolute Gasteiger partial charge is 0.341 e. The Morgan fingerprint density at radius 2 is 1.62 bits per heavy atom. The third kappa shape index (κ3) is 3.87. The lowest BCUT2D eigenvalue weighted by atomic mass is 10.1. The molecule has 2 N–H and O–H groups in total. The quantitative estimate of drug-likeness (QED) is 0.777. The number of nitrogens with zero attached hydrogens (tertiary/aromatic N) is 2. The fourth-order valence-corrected chi connectivity index (χ4v) is 3.02. The Hall–Kier alpha value is -1.31. The van der Waals surface area contributed by atoms with Crippen molar-refractivity contribution in [1.82, 2.24) is 9.80 Å². The molecule has 0 aromatic rings. The molecule has 0 spiro atoms. The van der Waals surface area contributed by atoms with Crippen LogP contribution in [-0.2, 0) is 9.59 Å². The number of hydrogen-bond acceptors (Lipinski definition) is 3. The van der Waals surface area contributed by atoms with Crippen LogP contribution >= 0.6 is 0 Å². The highest BCUT2D eigenvalue weighted by Crippen LogP contribution is 2.27. The highest BCUT2D eigenvalue weighted by molar-refractivity contribution is 5.82. The van der Waals surface area contributed by atoms with Crippen LogP contribution in [0.2, 0.25) is 0 Å². The third-order valence-electron chi connectivity index (χ3n) is 4.16. The number of carbonyl (C=O) groups excluding carboxylic acids is 2. The Balaban J connectivity index is 1.92. The third-order valence-corrected chi connectivity index (χ3v) is 4.16. The lowest BCUT2D eigenvalue weighted by Crippen LogP contribution is -2.44. The number of alkyl halides is 3. The predicted molar refractivity (Wildman–Crippen MR) is 69.1 cm³/mol. The molecule has 21 heavy (non-hydrogen) atoms. The first-order valence-electron chi connectivity index (χ1n) is 7.19. The molecule has 0 aromatic heterocycles. The van der Waals surface area contributed by atoms with Gasteiger partial charge in [0.05, 0.1) is 0 Å². The van der Waals surface area contributed by atoms with Crippen molar-refractivity contribution in [1.29, 1.82) is 0 Å². The molecule has 8 heteroatoms. The average Bonchev–Trinajstić information content (AvgIpc) is 2.71. The molecule has 0 unspecified atom stereocenters. The van der Waals surface area contributed by atoms with Gasteiger partial charge in [-0.3, -0.25) is 9.59 Å². The first-order valence-corrected chi connectivity index (χ1v) is 7.19. The minimum absolute atomic E-state index is 0.0340. The molecule has 1 saturated carbocycles. The monoisotopic (exact) mass is 307 g/mol. The van der Waals surface area contributed by atoms with E-state index in [1.165, 1.54) is 0 Å². The maximum Gasteiger partial charge on any atom is 0.471 e. The van der Waals surface area contributed by atoms with Crippen LogP contribution in [-0.4, -0.2) is 60.0 Å². The Bertz CT molecular complexity index is 414. The van der Waals surface area contributed by atoms with E-state index in [0.29, 0.717) is 19.4 Å². The summed E-state index contributed by atoms with van der Waals surface area (Å²) in [7, 11) is 0. The highest BCUT2D eigenvalue weighted by Gasteiger charge is 2.43. The van der Waals surface area contributed by atoms with E-state index in [9.17, 15) is 22.8 Å². The van der Waals surface area contributed by atoms with Gasteiger partial charge in [-0.25, -0.2) is 0 Å². The summed E-state index contributed by atoms with van der Waals surface area (Å²) < 4.78 is 37.3. The molecule has 1 aliphatic carbocycles. The van der Waals surface area contributed by atoms with Crippen molar-refractivity contribution < 1.29 is 22.8 Å². The molecular weight excluding hydrogens is 287 g/mol. The van der Waals surface area contributed by atoms with Crippen molar-refractivity contribution in [2.45, 2.75) is 37.9 Å². The number of halogens is 3. The second-order valence-corrected chi connectivity index (χ2v) is 5.74. The van der Waals surface area contributed by atoms with Crippen molar-refractivity contribution >= 4 is 11.8 Å². The zero-order valence-electron chi connectivity index (χ0n) is 11.7. The van der Waals surface area contributed by atoms with Crippen LogP contribution in [0.25, 0.3) is 0 Å². The van der Waals surface area contributed by atoms with Crippen LogP contribution < -0.4 is 5.73 Å². The normalized spacial score (nSPS) is 27.6. The number of carbonyl (C=O) groups is 2. The van der Waals surface area contributed by atoms with Gasteiger partial charge in [0.2, 0.25) is 5.91 Å². The Labute approximate surface area is 121 Å². The standard InChI is InChI=1S/C13H20F3N3O2/c14-13(15,16)12(21)19-5-1-4-18(6-7-19)11(20)9-2-3-10(17)8-9/h9-10H,1-8,17H2/t9-,10+/m0/s1. The molecule has 2 aliphatic rings. The average molecular weight is 307 g/mol. The number of hydrogen-bond donors (Lipinski definition) is 1. The molecule has 1 aliphatic heterocycles. The summed E-state index contributed by atoms with van der Waals surface area (Å²) in [6, 6.07) is 0.0363. The molecule has 2 rings (SSSR count). The minimum atomic E-state index is -4.85. The van der Waals surface area contributed by atoms with Gasteiger partial charge in [-0.2, -0.15) is 13.2 Å². The van der Waals surface area contributed by atoms with Crippen LogP contribution in [0.3, 0.4) is 0 Å². The van der Waals surface area contributed by atoms with Gasteiger partial charge < -0.3 is 15.5 Å². The Kier molecular flexibility index (Phi) is 4.75. The van der Waals surface area contributed by atoms with Gasteiger partial charge in [-0.15, -0.1) is 0 Å². The van der Waals surface area contributed by atoms with Crippen molar-refractivity contribution in [2.24, 2.45) is 11.7 Å². The van der Waals surface area contributed by atoms with Gasteiger partial charge in [-0.05, 0) is 25.7 Å². The Morgan fingerprint density at radius 3 is 2.19 bits per heavy atom. The van der Waals surface area contributed by atoms with E-state index >= 15 is 0 Å². The predicted octanol–water partition coefficient (Wildman–Crippen LogP) is 0.737. The zero-order valence-corrected chi connectivity index (χ0v) is 11.7. The van der Waals surface area contributed by atoms with Crippen molar-refractivity contribution in [3.8, 4) is 0 Å². The lowest BCUT2D eigenvalue weighted by Gasteiger charge is -2.25. The summed E-state index contributed by atoms with van der Waals surface area (Å²) in [5.74, 6) is -1.98. The topological polar surface area (TPSA) is 66.6 Å². The summed E-state index contributed by atoms with van der Waals surface area (Å²) in [5.41, 5.74) is 5.78. The SMILES string of the molecule is N[C@@H]1CC[C@H](C(=O)N2CCCN(C(=O)C(F)(F)F)CC2)C1. The number of rotatable bonds is 1. The second-order valence-electron chi connectivity index (χ2n) is 5.74. The van der Waals surface area contributed by atoms with Crippen molar-refractivity contribution in [3.05, 3.63) is 0 Å². The first kappa shape index (κ1) is 16.1. The molecule has 5 nitrogen and oxygen atoms in total. The molecule has 120 valence electrons. The summed E-state index contributed by atoms with van der Waals surface area (Å²) in [6.07, 6.45) is -2.30. The molecule has 1 saturated heterocycles. The van der Waals surface area contributed by atoms with E-state index < -0.39 is 12.1 Å². The number of nitrogens with two attached hydrogens (primary N) is 1. The second kappa shape index (κ2) is 6.21. The van der Waals surface area contributed by atoms with Gasteiger partial charge in [0, 0.05) is 38.1 Å². The zero-order chi connectivity index (χ0) is 15.6. The molecule has 2 amide bonds. The fraction of sp³-hybridized carbons (Fsp3) is 0.846. The molecule has 0 aromatic carbocycles. The van der Waals surface area contributed by atoms with E-state index in [0.717, 1.165) is 17.7 Å². The Morgan fingerprint density at radius 1 is 1.00 bits per heavy atom.